The van der Waals surface area contributed by atoms with Crippen LogP contribution >= 0.6 is 24.8 Å². The molecule has 0 aromatic carbocycles. The minimum absolute atomic E-state index is 0. The Labute approximate surface area is 159 Å². The van der Waals surface area contributed by atoms with Crippen LogP contribution < -0.4 is 11.1 Å². The van der Waals surface area contributed by atoms with Crippen molar-refractivity contribution in [2.45, 2.75) is 38.5 Å². The molecule has 1 amide bonds. The second-order valence-electron chi connectivity index (χ2n) is 5.70. The molecule has 2 atom stereocenters. The van der Waals surface area contributed by atoms with Gasteiger partial charge in [-0.2, -0.15) is 5.10 Å². The summed E-state index contributed by atoms with van der Waals surface area (Å²) in [6.45, 7) is 2.84. The predicted molar refractivity (Wildman–Crippen MR) is 100 cm³/mol. The first-order chi connectivity index (χ1) is 11.2. The second-order valence-corrected chi connectivity index (χ2v) is 5.70. The van der Waals surface area contributed by atoms with Crippen molar-refractivity contribution >= 4 is 36.5 Å². The summed E-state index contributed by atoms with van der Waals surface area (Å²) in [4.78, 5) is 16.6. The summed E-state index contributed by atoms with van der Waals surface area (Å²) in [7, 11) is 0. The average Bonchev–Trinajstić information content (AvgIpc) is 3.15. The topological polar surface area (TPSA) is 95.1 Å². The van der Waals surface area contributed by atoms with Crippen molar-refractivity contribution in [1.82, 2.24) is 14.8 Å². The van der Waals surface area contributed by atoms with Crippen molar-refractivity contribution in [3.8, 4) is 0 Å². The maximum atomic E-state index is 12.4. The van der Waals surface area contributed by atoms with Crippen LogP contribution in [0.4, 0.5) is 5.82 Å². The number of carbonyl (C=O) groups is 1. The van der Waals surface area contributed by atoms with Crippen molar-refractivity contribution in [1.29, 1.82) is 0 Å². The van der Waals surface area contributed by atoms with Crippen LogP contribution in [0.3, 0.4) is 0 Å². The van der Waals surface area contributed by atoms with Crippen LogP contribution in [0, 0.1) is 6.92 Å². The Hall–Kier alpha value is -1.67. The molecule has 0 radical (unpaired) electrons. The van der Waals surface area contributed by atoms with Crippen molar-refractivity contribution in [3.63, 3.8) is 0 Å². The summed E-state index contributed by atoms with van der Waals surface area (Å²) in [5.74, 6) is 0.501. The molecule has 0 saturated carbocycles. The fraction of sp³-hybridized carbons (Fsp3) is 0.438. The SMILES string of the molecule is Cc1cc(NC(=O)[C@@H]2CC[C@H](CN)O2)n(Cc2ccccn2)n1.Cl.Cl. The summed E-state index contributed by atoms with van der Waals surface area (Å²) in [5, 5.41) is 7.32. The number of nitrogens with zero attached hydrogens (tertiary/aromatic N) is 3. The lowest BCUT2D eigenvalue weighted by Crippen LogP contribution is -2.30. The molecule has 0 aliphatic carbocycles. The molecule has 1 saturated heterocycles. The van der Waals surface area contributed by atoms with Gasteiger partial charge in [0, 0.05) is 18.8 Å². The number of hydrogen-bond donors (Lipinski definition) is 2. The van der Waals surface area contributed by atoms with Gasteiger partial charge in [-0.05, 0) is 31.9 Å². The number of ether oxygens (including phenoxy) is 1. The zero-order valence-corrected chi connectivity index (χ0v) is 15.6. The summed E-state index contributed by atoms with van der Waals surface area (Å²) in [6.07, 6.45) is 2.79. The number of pyridine rings is 1. The molecule has 0 spiro atoms. The van der Waals surface area contributed by atoms with E-state index in [0.717, 1.165) is 17.8 Å². The van der Waals surface area contributed by atoms with E-state index in [2.05, 4.69) is 15.4 Å². The number of hydrogen-bond acceptors (Lipinski definition) is 5. The zero-order chi connectivity index (χ0) is 16.2. The van der Waals surface area contributed by atoms with Crippen LogP contribution in [0.1, 0.15) is 24.2 Å². The molecule has 9 heteroatoms. The third kappa shape index (κ3) is 5.40. The molecule has 7 nitrogen and oxygen atoms in total. The van der Waals surface area contributed by atoms with Crippen LogP contribution in [0.5, 0.6) is 0 Å². The number of nitrogens with two attached hydrogens (primary N) is 1. The highest BCUT2D eigenvalue weighted by Gasteiger charge is 2.30. The molecule has 2 aromatic rings. The lowest BCUT2D eigenvalue weighted by Gasteiger charge is -2.13. The molecule has 3 heterocycles. The third-order valence-electron chi connectivity index (χ3n) is 3.85. The van der Waals surface area contributed by atoms with Gasteiger partial charge in [0.05, 0.1) is 24.0 Å². The normalized spacial score (nSPS) is 19.0. The predicted octanol–water partition coefficient (Wildman–Crippen LogP) is 1.92. The van der Waals surface area contributed by atoms with E-state index >= 15 is 0 Å². The molecule has 3 rings (SSSR count). The summed E-state index contributed by atoms with van der Waals surface area (Å²) < 4.78 is 7.37. The van der Waals surface area contributed by atoms with Gasteiger partial charge in [0.25, 0.3) is 5.91 Å². The van der Waals surface area contributed by atoms with Crippen molar-refractivity contribution in [2.24, 2.45) is 5.73 Å². The van der Waals surface area contributed by atoms with Gasteiger partial charge < -0.3 is 15.8 Å². The molecule has 25 heavy (non-hydrogen) atoms. The quantitative estimate of drug-likeness (QED) is 0.816. The number of aromatic nitrogens is 3. The van der Waals surface area contributed by atoms with Crippen LogP contribution in [-0.4, -0.2) is 39.4 Å². The first-order valence-electron chi connectivity index (χ1n) is 7.76. The van der Waals surface area contributed by atoms with E-state index in [4.69, 9.17) is 10.5 Å². The van der Waals surface area contributed by atoms with E-state index in [1.807, 2.05) is 31.2 Å². The highest BCUT2D eigenvalue weighted by molar-refractivity contribution is 5.93. The third-order valence-corrected chi connectivity index (χ3v) is 3.85. The Morgan fingerprint density at radius 1 is 1.40 bits per heavy atom. The molecular formula is C16H23Cl2N5O2. The molecule has 1 aliphatic rings. The number of anilines is 1. The van der Waals surface area contributed by atoms with Gasteiger partial charge >= 0.3 is 0 Å². The Morgan fingerprint density at radius 2 is 2.20 bits per heavy atom. The van der Waals surface area contributed by atoms with Gasteiger partial charge in [0.1, 0.15) is 11.9 Å². The lowest BCUT2D eigenvalue weighted by molar-refractivity contribution is -0.126. The van der Waals surface area contributed by atoms with Gasteiger partial charge in [-0.25, -0.2) is 4.68 Å². The minimum Gasteiger partial charge on any atom is -0.364 e. The van der Waals surface area contributed by atoms with Gasteiger partial charge in [0.2, 0.25) is 0 Å². The number of aryl methyl sites for hydroxylation is 1. The molecule has 2 aromatic heterocycles. The molecule has 3 N–H and O–H groups in total. The lowest BCUT2D eigenvalue weighted by atomic mass is 10.2. The molecular weight excluding hydrogens is 365 g/mol. The van der Waals surface area contributed by atoms with Crippen molar-refractivity contribution in [2.75, 3.05) is 11.9 Å². The van der Waals surface area contributed by atoms with Crippen LogP contribution in [0.2, 0.25) is 0 Å². The zero-order valence-electron chi connectivity index (χ0n) is 13.9. The first kappa shape index (κ1) is 21.4. The summed E-state index contributed by atoms with van der Waals surface area (Å²) in [5.41, 5.74) is 7.30. The number of rotatable bonds is 5. The highest BCUT2D eigenvalue weighted by atomic mass is 35.5. The maximum Gasteiger partial charge on any atom is 0.254 e. The molecule has 0 bridgehead atoms. The Morgan fingerprint density at radius 3 is 2.84 bits per heavy atom. The Bertz CT molecular complexity index is 680. The molecule has 1 aliphatic heterocycles. The fourth-order valence-corrected chi connectivity index (χ4v) is 2.69. The fourth-order valence-electron chi connectivity index (χ4n) is 2.69. The Balaban J connectivity index is 0.00000156. The minimum atomic E-state index is -0.443. The molecule has 1 fully saturated rings. The van der Waals surface area contributed by atoms with Crippen molar-refractivity contribution < 1.29 is 9.53 Å². The molecule has 138 valence electrons. The van der Waals surface area contributed by atoms with Crippen LogP contribution in [0.25, 0.3) is 0 Å². The van der Waals surface area contributed by atoms with Gasteiger partial charge in [0.15, 0.2) is 0 Å². The Kier molecular flexibility index (Phi) is 8.31. The number of halogens is 2. The maximum absolute atomic E-state index is 12.4. The monoisotopic (exact) mass is 387 g/mol. The number of nitrogens with one attached hydrogen (secondary N) is 1. The second kappa shape index (κ2) is 9.72. The van der Waals surface area contributed by atoms with Gasteiger partial charge in [-0.3, -0.25) is 9.78 Å². The van der Waals surface area contributed by atoms with Gasteiger partial charge in [-0.1, -0.05) is 6.07 Å². The summed E-state index contributed by atoms with van der Waals surface area (Å²) in [6, 6.07) is 7.56. The first-order valence-corrected chi connectivity index (χ1v) is 7.76. The van der Waals surface area contributed by atoms with E-state index in [-0.39, 0.29) is 36.8 Å². The van der Waals surface area contributed by atoms with E-state index < -0.39 is 6.10 Å². The summed E-state index contributed by atoms with van der Waals surface area (Å²) >= 11 is 0. The largest absolute Gasteiger partial charge is 0.364 e. The van der Waals surface area contributed by atoms with Crippen LogP contribution in [0.15, 0.2) is 30.5 Å². The highest BCUT2D eigenvalue weighted by Crippen LogP contribution is 2.21. The van der Waals surface area contributed by atoms with E-state index in [0.29, 0.717) is 25.3 Å². The van der Waals surface area contributed by atoms with E-state index in [1.54, 1.807) is 10.9 Å². The standard InChI is InChI=1S/C16H21N5O2.2ClH/c1-11-8-15(19-16(22)14-6-5-13(9-17)23-14)21(20-11)10-12-4-2-3-7-18-12;;/h2-4,7-8,13-14H,5-6,9-10,17H2,1H3,(H,19,22);2*1H/t13-,14+;;/m1../s1. The average molecular weight is 388 g/mol. The number of carbonyl (C=O) groups excluding carboxylic acids is 1. The van der Waals surface area contributed by atoms with E-state index in [9.17, 15) is 4.79 Å². The molecule has 0 unspecified atom stereocenters. The smallest absolute Gasteiger partial charge is 0.254 e. The van der Waals surface area contributed by atoms with Crippen LogP contribution in [-0.2, 0) is 16.1 Å². The van der Waals surface area contributed by atoms with Crippen molar-refractivity contribution in [3.05, 3.63) is 41.9 Å². The van der Waals surface area contributed by atoms with Gasteiger partial charge in [-0.15, -0.1) is 24.8 Å². The van der Waals surface area contributed by atoms with E-state index in [1.165, 1.54) is 0 Å². The number of amides is 1.